The SMILES string of the molecule is N#CCCC1CCCCC1=NCc1ccccc1. The maximum atomic E-state index is 8.70. The summed E-state index contributed by atoms with van der Waals surface area (Å²) in [6, 6.07) is 12.7. The molecule has 1 aromatic carbocycles. The van der Waals surface area contributed by atoms with Crippen LogP contribution in [0, 0.1) is 17.2 Å². The molecule has 0 aromatic heterocycles. The summed E-state index contributed by atoms with van der Waals surface area (Å²) in [5, 5.41) is 8.70. The van der Waals surface area contributed by atoms with Crippen LogP contribution in [0.2, 0.25) is 0 Å². The average molecular weight is 240 g/mol. The van der Waals surface area contributed by atoms with Crippen molar-refractivity contribution in [2.45, 2.75) is 45.1 Å². The van der Waals surface area contributed by atoms with Gasteiger partial charge < -0.3 is 0 Å². The highest BCUT2D eigenvalue weighted by molar-refractivity contribution is 5.87. The third-order valence-corrected chi connectivity index (χ3v) is 3.62. The van der Waals surface area contributed by atoms with E-state index < -0.39 is 0 Å². The standard InChI is InChI=1S/C16H20N2/c17-12-6-10-15-9-4-5-11-16(15)18-13-14-7-2-1-3-8-14/h1-3,7-8,15H,4-6,9-11,13H2. The third kappa shape index (κ3) is 3.70. The van der Waals surface area contributed by atoms with Gasteiger partial charge in [0.2, 0.25) is 0 Å². The van der Waals surface area contributed by atoms with E-state index in [2.05, 4.69) is 30.3 Å². The molecule has 0 aliphatic heterocycles. The topological polar surface area (TPSA) is 36.1 Å². The first-order valence-corrected chi connectivity index (χ1v) is 6.84. The predicted molar refractivity (Wildman–Crippen MR) is 74.4 cm³/mol. The molecular weight excluding hydrogens is 220 g/mol. The lowest BCUT2D eigenvalue weighted by Gasteiger charge is -2.23. The molecule has 1 aromatic rings. The van der Waals surface area contributed by atoms with Gasteiger partial charge in [0.1, 0.15) is 0 Å². The van der Waals surface area contributed by atoms with Gasteiger partial charge in [-0.2, -0.15) is 5.26 Å². The highest BCUT2D eigenvalue weighted by Gasteiger charge is 2.19. The van der Waals surface area contributed by atoms with Crippen LogP contribution in [-0.2, 0) is 6.54 Å². The van der Waals surface area contributed by atoms with Crippen molar-refractivity contribution in [3.63, 3.8) is 0 Å². The summed E-state index contributed by atoms with van der Waals surface area (Å²) in [6.07, 6.45) is 6.55. The van der Waals surface area contributed by atoms with E-state index in [0.717, 1.165) is 19.4 Å². The fourth-order valence-electron chi connectivity index (χ4n) is 2.60. The Bertz CT molecular complexity index is 428. The van der Waals surface area contributed by atoms with Crippen LogP contribution in [0.5, 0.6) is 0 Å². The van der Waals surface area contributed by atoms with Crippen LogP contribution in [0.4, 0.5) is 0 Å². The molecule has 18 heavy (non-hydrogen) atoms. The molecule has 0 heterocycles. The molecule has 0 saturated heterocycles. The van der Waals surface area contributed by atoms with Crippen LogP contribution >= 0.6 is 0 Å². The Kier molecular flexibility index (Phi) is 4.96. The van der Waals surface area contributed by atoms with E-state index in [1.165, 1.54) is 30.5 Å². The van der Waals surface area contributed by atoms with E-state index in [-0.39, 0.29) is 0 Å². The van der Waals surface area contributed by atoms with Crippen LogP contribution < -0.4 is 0 Å². The second kappa shape index (κ2) is 6.96. The van der Waals surface area contributed by atoms with Gasteiger partial charge >= 0.3 is 0 Å². The van der Waals surface area contributed by atoms with Crippen molar-refractivity contribution in [3.05, 3.63) is 35.9 Å². The quantitative estimate of drug-likeness (QED) is 0.779. The number of rotatable bonds is 4. The second-order valence-electron chi connectivity index (χ2n) is 4.93. The number of hydrogen-bond donors (Lipinski definition) is 0. The summed E-state index contributed by atoms with van der Waals surface area (Å²) in [7, 11) is 0. The largest absolute Gasteiger partial charge is 0.289 e. The molecule has 2 rings (SSSR count). The number of aliphatic imine (C=N–C) groups is 1. The highest BCUT2D eigenvalue weighted by atomic mass is 14.7. The van der Waals surface area contributed by atoms with Gasteiger partial charge in [-0.25, -0.2) is 0 Å². The molecule has 0 N–H and O–H groups in total. The van der Waals surface area contributed by atoms with Crippen molar-refractivity contribution in [1.29, 1.82) is 5.26 Å². The van der Waals surface area contributed by atoms with Crippen molar-refractivity contribution >= 4 is 5.71 Å². The molecule has 0 bridgehead atoms. The molecular formula is C16H20N2. The molecule has 0 radical (unpaired) electrons. The highest BCUT2D eigenvalue weighted by Crippen LogP contribution is 2.26. The van der Waals surface area contributed by atoms with E-state index >= 15 is 0 Å². The molecule has 1 fully saturated rings. The monoisotopic (exact) mass is 240 g/mol. The lowest BCUT2D eigenvalue weighted by molar-refractivity contribution is 0.500. The number of nitriles is 1. The first kappa shape index (κ1) is 12.8. The Morgan fingerprint density at radius 3 is 2.83 bits per heavy atom. The summed E-state index contributed by atoms with van der Waals surface area (Å²) in [5.41, 5.74) is 2.62. The van der Waals surface area contributed by atoms with Gasteiger partial charge in [0.05, 0.1) is 12.6 Å². The first-order chi connectivity index (χ1) is 8.90. The van der Waals surface area contributed by atoms with Crippen molar-refractivity contribution in [2.24, 2.45) is 10.9 Å². The smallest absolute Gasteiger partial charge is 0.0639 e. The molecule has 2 heteroatoms. The molecule has 2 nitrogen and oxygen atoms in total. The number of benzene rings is 1. The van der Waals surface area contributed by atoms with Gasteiger partial charge in [0.25, 0.3) is 0 Å². The van der Waals surface area contributed by atoms with Gasteiger partial charge in [0.15, 0.2) is 0 Å². The number of nitrogens with zero attached hydrogens (tertiary/aromatic N) is 2. The van der Waals surface area contributed by atoms with E-state index in [4.69, 9.17) is 10.3 Å². The molecule has 0 spiro atoms. The summed E-state index contributed by atoms with van der Waals surface area (Å²) in [5.74, 6) is 0.558. The Hall–Kier alpha value is -1.62. The second-order valence-corrected chi connectivity index (χ2v) is 4.93. The van der Waals surface area contributed by atoms with Crippen LogP contribution in [0.1, 0.15) is 44.1 Å². The van der Waals surface area contributed by atoms with Gasteiger partial charge in [-0.05, 0) is 37.2 Å². The normalized spacial score (nSPS) is 21.7. The minimum Gasteiger partial charge on any atom is -0.289 e. The van der Waals surface area contributed by atoms with Crippen molar-refractivity contribution in [1.82, 2.24) is 0 Å². The maximum absolute atomic E-state index is 8.70. The zero-order chi connectivity index (χ0) is 12.6. The van der Waals surface area contributed by atoms with Crippen molar-refractivity contribution < 1.29 is 0 Å². The molecule has 1 atom stereocenters. The molecule has 1 saturated carbocycles. The Morgan fingerprint density at radius 2 is 2.06 bits per heavy atom. The Labute approximate surface area is 109 Å². The summed E-state index contributed by atoms with van der Waals surface area (Å²) in [6.45, 7) is 0.791. The third-order valence-electron chi connectivity index (χ3n) is 3.62. The minimum atomic E-state index is 0.558. The minimum absolute atomic E-state index is 0.558. The van der Waals surface area contributed by atoms with E-state index in [1.807, 2.05) is 6.07 Å². The average Bonchev–Trinajstić information content (AvgIpc) is 2.45. The lowest BCUT2D eigenvalue weighted by atomic mass is 9.84. The fraction of sp³-hybridized carbons (Fsp3) is 0.500. The number of hydrogen-bond acceptors (Lipinski definition) is 2. The first-order valence-electron chi connectivity index (χ1n) is 6.84. The van der Waals surface area contributed by atoms with Crippen LogP contribution in [-0.4, -0.2) is 5.71 Å². The molecule has 94 valence electrons. The zero-order valence-corrected chi connectivity index (χ0v) is 10.8. The van der Waals surface area contributed by atoms with Crippen molar-refractivity contribution in [2.75, 3.05) is 0 Å². The lowest BCUT2D eigenvalue weighted by Crippen LogP contribution is -2.19. The van der Waals surface area contributed by atoms with Crippen molar-refractivity contribution in [3.8, 4) is 6.07 Å². The predicted octanol–water partition coefficient (Wildman–Crippen LogP) is 4.12. The Balaban J connectivity index is 1.98. The van der Waals surface area contributed by atoms with E-state index in [9.17, 15) is 0 Å². The summed E-state index contributed by atoms with van der Waals surface area (Å²) in [4.78, 5) is 4.80. The molecule has 1 unspecified atom stereocenters. The molecule has 1 aliphatic rings. The van der Waals surface area contributed by atoms with Crippen LogP contribution in [0.3, 0.4) is 0 Å². The molecule has 1 aliphatic carbocycles. The van der Waals surface area contributed by atoms with Crippen LogP contribution in [0.25, 0.3) is 0 Å². The van der Waals surface area contributed by atoms with Crippen LogP contribution in [0.15, 0.2) is 35.3 Å². The zero-order valence-electron chi connectivity index (χ0n) is 10.8. The fourth-order valence-corrected chi connectivity index (χ4v) is 2.60. The maximum Gasteiger partial charge on any atom is 0.0639 e. The van der Waals surface area contributed by atoms with Gasteiger partial charge in [-0.1, -0.05) is 36.8 Å². The van der Waals surface area contributed by atoms with Gasteiger partial charge in [-0.15, -0.1) is 0 Å². The van der Waals surface area contributed by atoms with E-state index in [1.54, 1.807) is 0 Å². The molecule has 0 amide bonds. The Morgan fingerprint density at radius 1 is 1.22 bits per heavy atom. The summed E-state index contributed by atoms with van der Waals surface area (Å²) < 4.78 is 0. The summed E-state index contributed by atoms with van der Waals surface area (Å²) >= 11 is 0. The van der Waals surface area contributed by atoms with Gasteiger partial charge in [-0.3, -0.25) is 4.99 Å². The van der Waals surface area contributed by atoms with E-state index in [0.29, 0.717) is 12.3 Å². The van der Waals surface area contributed by atoms with Gasteiger partial charge in [0, 0.05) is 12.1 Å².